The van der Waals surface area contributed by atoms with Gasteiger partial charge >= 0.3 is 0 Å². The van der Waals surface area contributed by atoms with Crippen LogP contribution in [0, 0.1) is 5.41 Å². The Bertz CT molecular complexity index is 342. The summed E-state index contributed by atoms with van der Waals surface area (Å²) in [7, 11) is 0. The molecule has 0 aliphatic carbocycles. The molecule has 2 rings (SSSR count). The molecule has 0 aromatic heterocycles. The summed E-state index contributed by atoms with van der Waals surface area (Å²) in [6, 6.07) is 1.24. The lowest BCUT2D eigenvalue weighted by molar-refractivity contribution is -0.136. The third-order valence-corrected chi connectivity index (χ3v) is 5.35. The van der Waals surface area contributed by atoms with Gasteiger partial charge in [-0.05, 0) is 39.5 Å². The van der Waals surface area contributed by atoms with E-state index in [2.05, 4.69) is 24.1 Å². The molecule has 0 aromatic carbocycles. The van der Waals surface area contributed by atoms with Gasteiger partial charge in [0.05, 0.1) is 5.41 Å². The predicted molar refractivity (Wildman–Crippen MR) is 98.5 cm³/mol. The average molecular weight is 370 g/mol. The van der Waals surface area contributed by atoms with E-state index in [-0.39, 0.29) is 30.7 Å². The first-order valence-corrected chi connectivity index (χ1v) is 8.41. The zero-order chi connectivity index (χ0) is 15.3. The van der Waals surface area contributed by atoms with Gasteiger partial charge in [-0.15, -0.1) is 24.8 Å². The second kappa shape index (κ2) is 10.7. The van der Waals surface area contributed by atoms with E-state index in [0.29, 0.717) is 31.8 Å². The fourth-order valence-corrected chi connectivity index (χ4v) is 3.69. The molecule has 2 fully saturated rings. The number of hydrogen-bond donors (Lipinski definition) is 2. The normalized spacial score (nSPS) is 27.4. The van der Waals surface area contributed by atoms with Crippen LogP contribution in [0.4, 0.5) is 0 Å². The Morgan fingerprint density at radius 3 is 2.30 bits per heavy atom. The number of rotatable bonds is 5. The summed E-state index contributed by atoms with van der Waals surface area (Å²) in [4.78, 5) is 15.0. The molecule has 0 bridgehead atoms. The van der Waals surface area contributed by atoms with E-state index in [1.165, 1.54) is 19.3 Å². The molecule has 2 heterocycles. The van der Waals surface area contributed by atoms with Gasteiger partial charge in [-0.1, -0.05) is 6.42 Å². The lowest BCUT2D eigenvalue weighted by atomic mass is 9.79. The van der Waals surface area contributed by atoms with Gasteiger partial charge in [-0.2, -0.15) is 0 Å². The minimum atomic E-state index is -0.405. The van der Waals surface area contributed by atoms with Gasteiger partial charge in [0.2, 0.25) is 5.91 Å². The smallest absolute Gasteiger partial charge is 0.227 e. The standard InChI is InChI=1S/C16H31N3O2.2ClH/c1-13-4-3-5-14(2)19(13)9-8-18-15(20)16(12-17)6-10-21-11-7-16;;/h13-14H,3-12,17H2,1-2H3,(H,18,20);2*1H. The Labute approximate surface area is 152 Å². The number of nitrogens with zero attached hydrogens (tertiary/aromatic N) is 1. The summed E-state index contributed by atoms with van der Waals surface area (Å²) >= 11 is 0. The average Bonchev–Trinajstić information content (AvgIpc) is 2.50. The van der Waals surface area contributed by atoms with Crippen molar-refractivity contribution in [3.8, 4) is 0 Å². The first-order chi connectivity index (χ1) is 10.1. The van der Waals surface area contributed by atoms with E-state index in [4.69, 9.17) is 10.5 Å². The third-order valence-electron chi connectivity index (χ3n) is 5.35. The Balaban J connectivity index is 0.00000242. The van der Waals surface area contributed by atoms with Crippen LogP contribution in [0.25, 0.3) is 0 Å². The van der Waals surface area contributed by atoms with Crippen LogP contribution in [0.1, 0.15) is 46.0 Å². The van der Waals surface area contributed by atoms with Crippen molar-refractivity contribution in [2.45, 2.75) is 58.0 Å². The number of amides is 1. The highest BCUT2D eigenvalue weighted by Crippen LogP contribution is 2.29. The van der Waals surface area contributed by atoms with Gasteiger partial charge in [-0.25, -0.2) is 0 Å². The number of halogens is 2. The lowest BCUT2D eigenvalue weighted by Crippen LogP contribution is -2.52. The van der Waals surface area contributed by atoms with Crippen LogP contribution in [-0.2, 0) is 9.53 Å². The molecule has 23 heavy (non-hydrogen) atoms. The van der Waals surface area contributed by atoms with E-state index in [9.17, 15) is 4.79 Å². The zero-order valence-corrected chi connectivity index (χ0v) is 16.0. The molecule has 3 N–H and O–H groups in total. The van der Waals surface area contributed by atoms with Gasteiger partial charge in [0, 0.05) is 44.9 Å². The van der Waals surface area contributed by atoms with Gasteiger partial charge < -0.3 is 15.8 Å². The highest BCUT2D eigenvalue weighted by Gasteiger charge is 2.38. The largest absolute Gasteiger partial charge is 0.381 e. The van der Waals surface area contributed by atoms with Crippen molar-refractivity contribution in [3.05, 3.63) is 0 Å². The summed E-state index contributed by atoms with van der Waals surface area (Å²) in [5.41, 5.74) is 5.47. The minimum Gasteiger partial charge on any atom is -0.381 e. The predicted octanol–water partition coefficient (Wildman–Crippen LogP) is 1.96. The van der Waals surface area contributed by atoms with E-state index in [0.717, 1.165) is 25.9 Å². The molecule has 2 atom stereocenters. The quantitative estimate of drug-likeness (QED) is 0.777. The van der Waals surface area contributed by atoms with Crippen LogP contribution >= 0.6 is 24.8 Å². The number of piperidine rings is 1. The zero-order valence-electron chi connectivity index (χ0n) is 14.4. The Hall–Kier alpha value is -0.0700. The van der Waals surface area contributed by atoms with E-state index < -0.39 is 5.41 Å². The van der Waals surface area contributed by atoms with E-state index >= 15 is 0 Å². The third kappa shape index (κ3) is 5.75. The summed E-state index contributed by atoms with van der Waals surface area (Å²) in [6.45, 7) is 7.93. The number of nitrogens with two attached hydrogens (primary N) is 1. The van der Waals surface area contributed by atoms with Crippen molar-refractivity contribution < 1.29 is 9.53 Å². The van der Waals surface area contributed by atoms with Crippen molar-refractivity contribution in [2.75, 3.05) is 32.8 Å². The van der Waals surface area contributed by atoms with Crippen LogP contribution in [0.5, 0.6) is 0 Å². The molecule has 0 spiro atoms. The number of carbonyl (C=O) groups excluding carboxylic acids is 1. The molecule has 5 nitrogen and oxygen atoms in total. The molecule has 1 amide bonds. The molecule has 7 heteroatoms. The highest BCUT2D eigenvalue weighted by atomic mass is 35.5. The Morgan fingerprint density at radius 2 is 1.78 bits per heavy atom. The molecule has 0 saturated carbocycles. The summed E-state index contributed by atoms with van der Waals surface area (Å²) < 4.78 is 5.36. The molecule has 2 aliphatic heterocycles. The van der Waals surface area contributed by atoms with Crippen molar-refractivity contribution >= 4 is 30.7 Å². The molecular weight excluding hydrogens is 337 g/mol. The maximum atomic E-state index is 12.5. The molecular formula is C16H33Cl2N3O2. The van der Waals surface area contributed by atoms with Gasteiger partial charge in [-0.3, -0.25) is 9.69 Å². The van der Waals surface area contributed by atoms with Crippen molar-refractivity contribution in [2.24, 2.45) is 11.1 Å². The topological polar surface area (TPSA) is 67.6 Å². The van der Waals surface area contributed by atoms with Crippen LogP contribution in [0.15, 0.2) is 0 Å². The monoisotopic (exact) mass is 369 g/mol. The number of carbonyl (C=O) groups is 1. The summed E-state index contributed by atoms with van der Waals surface area (Å²) in [5.74, 6) is 0.116. The number of hydrogen-bond acceptors (Lipinski definition) is 4. The molecule has 2 unspecified atom stereocenters. The maximum Gasteiger partial charge on any atom is 0.227 e. The minimum absolute atomic E-state index is 0. The van der Waals surface area contributed by atoms with Gasteiger partial charge in [0.1, 0.15) is 0 Å². The number of likely N-dealkylation sites (tertiary alicyclic amines) is 1. The summed E-state index contributed by atoms with van der Waals surface area (Å²) in [5, 5.41) is 3.12. The van der Waals surface area contributed by atoms with Crippen LogP contribution < -0.4 is 11.1 Å². The molecule has 2 aliphatic rings. The van der Waals surface area contributed by atoms with Crippen molar-refractivity contribution in [1.29, 1.82) is 0 Å². The fraction of sp³-hybridized carbons (Fsp3) is 0.938. The molecule has 138 valence electrons. The highest BCUT2D eigenvalue weighted by molar-refractivity contribution is 5.85. The maximum absolute atomic E-state index is 12.5. The number of nitrogens with one attached hydrogen (secondary N) is 1. The molecule has 0 aromatic rings. The Morgan fingerprint density at radius 1 is 1.22 bits per heavy atom. The van der Waals surface area contributed by atoms with Gasteiger partial charge in [0.25, 0.3) is 0 Å². The summed E-state index contributed by atoms with van der Waals surface area (Å²) in [6.07, 6.45) is 5.34. The second-order valence-electron chi connectivity index (χ2n) is 6.72. The van der Waals surface area contributed by atoms with Gasteiger partial charge in [0.15, 0.2) is 0 Å². The number of ether oxygens (including phenoxy) is 1. The van der Waals surface area contributed by atoms with Crippen molar-refractivity contribution in [1.82, 2.24) is 10.2 Å². The lowest BCUT2D eigenvalue weighted by Gasteiger charge is -2.39. The van der Waals surface area contributed by atoms with E-state index in [1.807, 2.05) is 0 Å². The second-order valence-corrected chi connectivity index (χ2v) is 6.72. The first kappa shape index (κ1) is 22.9. The molecule has 0 radical (unpaired) electrons. The van der Waals surface area contributed by atoms with E-state index in [1.54, 1.807) is 0 Å². The fourth-order valence-electron chi connectivity index (χ4n) is 3.69. The first-order valence-electron chi connectivity index (χ1n) is 8.41. The molecule has 2 saturated heterocycles. The van der Waals surface area contributed by atoms with Crippen LogP contribution in [0.3, 0.4) is 0 Å². The van der Waals surface area contributed by atoms with Crippen molar-refractivity contribution in [3.63, 3.8) is 0 Å². The Kier molecular flexibility index (Phi) is 10.7. The SMILES string of the molecule is CC1CCCC(C)N1CCNC(=O)C1(CN)CCOCC1.Cl.Cl. The van der Waals surface area contributed by atoms with Crippen LogP contribution in [0.2, 0.25) is 0 Å². The van der Waals surface area contributed by atoms with Crippen LogP contribution in [-0.4, -0.2) is 55.7 Å².